The first-order chi connectivity index (χ1) is 9.60. The Morgan fingerprint density at radius 3 is 2.90 bits per heavy atom. The van der Waals surface area contributed by atoms with Crippen molar-refractivity contribution in [3.63, 3.8) is 0 Å². The molecule has 6 nitrogen and oxygen atoms in total. The van der Waals surface area contributed by atoms with E-state index in [0.29, 0.717) is 18.8 Å². The number of hydrogen-bond donors (Lipinski definition) is 2. The van der Waals surface area contributed by atoms with Crippen molar-refractivity contribution in [2.45, 2.75) is 26.4 Å². The Hall–Kier alpha value is -2.21. The molecule has 2 heterocycles. The molecule has 106 valence electrons. The largest absolute Gasteiger partial charge is 0.477 e. The van der Waals surface area contributed by atoms with Gasteiger partial charge < -0.3 is 10.4 Å². The van der Waals surface area contributed by atoms with Crippen LogP contribution in [0.3, 0.4) is 0 Å². The van der Waals surface area contributed by atoms with Crippen LogP contribution in [0.1, 0.15) is 34.4 Å². The van der Waals surface area contributed by atoms with Crippen LogP contribution < -0.4 is 5.32 Å². The predicted octanol–water partition coefficient (Wildman–Crippen LogP) is 1.37. The minimum Gasteiger partial charge on any atom is -0.477 e. The Balaban J connectivity index is 1.95. The van der Waals surface area contributed by atoms with E-state index in [-0.39, 0.29) is 5.69 Å². The Labute approximate surface area is 117 Å². The molecule has 0 amide bonds. The molecular formula is C14H18N4O2. The topological polar surface area (TPSA) is 80.0 Å². The highest BCUT2D eigenvalue weighted by molar-refractivity contribution is 5.85. The van der Waals surface area contributed by atoms with Gasteiger partial charge in [-0.25, -0.2) is 9.78 Å². The Kier molecular flexibility index (Phi) is 4.47. The average Bonchev–Trinajstić information content (AvgIpc) is 2.79. The van der Waals surface area contributed by atoms with Crippen LogP contribution in [-0.2, 0) is 26.6 Å². The molecule has 0 saturated heterocycles. The van der Waals surface area contributed by atoms with Crippen LogP contribution in [0.15, 0.2) is 24.4 Å². The Bertz CT molecular complexity index is 607. The fourth-order valence-electron chi connectivity index (χ4n) is 2.05. The molecule has 0 radical (unpaired) electrons. The van der Waals surface area contributed by atoms with Crippen molar-refractivity contribution < 1.29 is 9.90 Å². The maximum absolute atomic E-state index is 10.8. The first-order valence-corrected chi connectivity index (χ1v) is 6.51. The number of carboxylic acid groups (broad SMARTS) is 1. The third kappa shape index (κ3) is 3.42. The van der Waals surface area contributed by atoms with Crippen LogP contribution in [0, 0.1) is 0 Å². The van der Waals surface area contributed by atoms with Gasteiger partial charge in [-0.3, -0.25) is 4.68 Å². The number of nitrogens with one attached hydrogen (secondary N) is 1. The molecule has 0 aliphatic rings. The van der Waals surface area contributed by atoms with Crippen LogP contribution >= 0.6 is 0 Å². The van der Waals surface area contributed by atoms with Gasteiger partial charge in [-0.15, -0.1) is 0 Å². The lowest BCUT2D eigenvalue weighted by Crippen LogP contribution is -2.15. The highest BCUT2D eigenvalue weighted by Crippen LogP contribution is 2.07. The van der Waals surface area contributed by atoms with Gasteiger partial charge in [0.1, 0.15) is 5.69 Å². The van der Waals surface area contributed by atoms with Crippen molar-refractivity contribution >= 4 is 5.97 Å². The van der Waals surface area contributed by atoms with Crippen molar-refractivity contribution in [3.05, 3.63) is 47.0 Å². The molecule has 20 heavy (non-hydrogen) atoms. The van der Waals surface area contributed by atoms with E-state index in [2.05, 4.69) is 22.3 Å². The van der Waals surface area contributed by atoms with Gasteiger partial charge in [0.25, 0.3) is 0 Å². The van der Waals surface area contributed by atoms with Crippen molar-refractivity contribution in [3.8, 4) is 0 Å². The summed E-state index contributed by atoms with van der Waals surface area (Å²) in [6, 6.07) is 5.00. The molecule has 2 rings (SSSR count). The molecule has 2 N–H and O–H groups in total. The van der Waals surface area contributed by atoms with E-state index < -0.39 is 5.97 Å². The summed E-state index contributed by atoms with van der Waals surface area (Å²) in [5.41, 5.74) is 3.02. The SMILES string of the molecule is CCc1nn(C)cc1CNCc1cccc(C(=O)O)n1. The first-order valence-electron chi connectivity index (χ1n) is 6.51. The zero-order valence-corrected chi connectivity index (χ0v) is 11.6. The lowest BCUT2D eigenvalue weighted by atomic mass is 10.2. The van der Waals surface area contributed by atoms with Crippen LogP contribution in [0.5, 0.6) is 0 Å². The number of hydrogen-bond acceptors (Lipinski definition) is 4. The van der Waals surface area contributed by atoms with Crippen molar-refractivity contribution in [2.24, 2.45) is 7.05 Å². The van der Waals surface area contributed by atoms with Gasteiger partial charge in [0, 0.05) is 31.9 Å². The molecular weight excluding hydrogens is 256 g/mol. The molecule has 2 aromatic rings. The molecule has 0 aromatic carbocycles. The third-order valence-electron chi connectivity index (χ3n) is 2.97. The molecule has 0 bridgehead atoms. The molecule has 0 fully saturated rings. The van der Waals surface area contributed by atoms with Crippen molar-refractivity contribution in [1.82, 2.24) is 20.1 Å². The van der Waals surface area contributed by atoms with Gasteiger partial charge in [-0.2, -0.15) is 5.10 Å². The average molecular weight is 274 g/mol. The molecule has 0 unspecified atom stereocenters. The third-order valence-corrected chi connectivity index (χ3v) is 2.97. The van der Waals surface area contributed by atoms with Crippen molar-refractivity contribution in [1.29, 1.82) is 0 Å². The van der Waals surface area contributed by atoms with Crippen LogP contribution in [0.25, 0.3) is 0 Å². The molecule has 0 aliphatic carbocycles. The van der Waals surface area contributed by atoms with Gasteiger partial charge in [0.2, 0.25) is 0 Å². The molecule has 0 saturated carbocycles. The van der Waals surface area contributed by atoms with Crippen LogP contribution in [0.2, 0.25) is 0 Å². The van der Waals surface area contributed by atoms with E-state index in [4.69, 9.17) is 5.11 Å². The molecule has 0 atom stereocenters. The quantitative estimate of drug-likeness (QED) is 0.831. The summed E-state index contributed by atoms with van der Waals surface area (Å²) in [4.78, 5) is 14.9. The fraction of sp³-hybridized carbons (Fsp3) is 0.357. The second kappa shape index (κ2) is 6.29. The number of aryl methyl sites for hydroxylation is 2. The Morgan fingerprint density at radius 1 is 1.40 bits per heavy atom. The number of pyridine rings is 1. The number of carbonyl (C=O) groups is 1. The summed E-state index contributed by atoms with van der Waals surface area (Å²) in [6.45, 7) is 3.29. The molecule has 6 heteroatoms. The fourth-order valence-corrected chi connectivity index (χ4v) is 2.05. The summed E-state index contributed by atoms with van der Waals surface area (Å²) in [7, 11) is 1.90. The van der Waals surface area contributed by atoms with E-state index in [1.54, 1.807) is 10.7 Å². The van der Waals surface area contributed by atoms with E-state index in [9.17, 15) is 4.79 Å². The number of carboxylic acids is 1. The first kappa shape index (κ1) is 14.2. The number of rotatable bonds is 6. The van der Waals surface area contributed by atoms with Gasteiger partial charge in [0.05, 0.1) is 11.4 Å². The van der Waals surface area contributed by atoms with E-state index in [1.807, 2.05) is 19.3 Å². The lowest BCUT2D eigenvalue weighted by Gasteiger charge is -2.05. The van der Waals surface area contributed by atoms with Gasteiger partial charge in [0.15, 0.2) is 0 Å². The van der Waals surface area contributed by atoms with Gasteiger partial charge in [-0.1, -0.05) is 13.0 Å². The highest BCUT2D eigenvalue weighted by atomic mass is 16.4. The van der Waals surface area contributed by atoms with Gasteiger partial charge in [-0.05, 0) is 18.6 Å². The molecule has 0 aliphatic heterocycles. The minimum atomic E-state index is -1.01. The monoisotopic (exact) mass is 274 g/mol. The number of aromatic carboxylic acids is 1. The maximum atomic E-state index is 10.8. The lowest BCUT2D eigenvalue weighted by molar-refractivity contribution is 0.0690. The summed E-state index contributed by atoms with van der Waals surface area (Å²) in [5, 5.41) is 16.5. The van der Waals surface area contributed by atoms with E-state index in [0.717, 1.165) is 17.7 Å². The second-order valence-electron chi connectivity index (χ2n) is 4.55. The zero-order valence-electron chi connectivity index (χ0n) is 11.6. The predicted molar refractivity (Wildman–Crippen MR) is 74.3 cm³/mol. The zero-order chi connectivity index (χ0) is 14.5. The summed E-state index contributed by atoms with van der Waals surface area (Å²) in [5.74, 6) is -1.01. The number of nitrogens with zero attached hydrogens (tertiary/aromatic N) is 3. The minimum absolute atomic E-state index is 0.0694. The molecule has 2 aromatic heterocycles. The van der Waals surface area contributed by atoms with Gasteiger partial charge >= 0.3 is 5.97 Å². The molecule has 0 spiro atoms. The summed E-state index contributed by atoms with van der Waals surface area (Å²) in [6.07, 6.45) is 2.89. The Morgan fingerprint density at radius 2 is 2.20 bits per heavy atom. The second-order valence-corrected chi connectivity index (χ2v) is 4.55. The van der Waals surface area contributed by atoms with Crippen LogP contribution in [0.4, 0.5) is 0 Å². The summed E-state index contributed by atoms with van der Waals surface area (Å²) < 4.78 is 1.80. The van der Waals surface area contributed by atoms with E-state index >= 15 is 0 Å². The van der Waals surface area contributed by atoms with Crippen molar-refractivity contribution in [2.75, 3.05) is 0 Å². The maximum Gasteiger partial charge on any atom is 0.354 e. The standard InChI is InChI=1S/C14H18N4O2/c1-3-12-10(9-18(2)17-12)7-15-8-11-5-4-6-13(16-11)14(19)20/h4-6,9,15H,3,7-8H2,1-2H3,(H,19,20). The van der Waals surface area contributed by atoms with Crippen LogP contribution in [-0.4, -0.2) is 25.8 Å². The number of aromatic nitrogens is 3. The van der Waals surface area contributed by atoms with E-state index in [1.165, 1.54) is 6.07 Å². The smallest absolute Gasteiger partial charge is 0.354 e. The summed E-state index contributed by atoms with van der Waals surface area (Å²) >= 11 is 0. The normalized spacial score (nSPS) is 10.7. The highest BCUT2D eigenvalue weighted by Gasteiger charge is 2.07.